The maximum absolute atomic E-state index is 13.7. The number of carbonyl (C=O) groups excluding carboxylic acids is 1. The summed E-state index contributed by atoms with van der Waals surface area (Å²) < 4.78 is 41.4. The average Bonchev–Trinajstić information content (AvgIpc) is 3.31. The van der Waals surface area contributed by atoms with E-state index in [4.69, 9.17) is 0 Å². The van der Waals surface area contributed by atoms with E-state index in [1.807, 2.05) is 11.8 Å². The number of halogens is 1. The number of benzene rings is 2. The maximum atomic E-state index is 13.7. The number of carbonyl (C=O) groups is 1. The second-order valence-electron chi connectivity index (χ2n) is 9.28. The lowest BCUT2D eigenvalue weighted by atomic mass is 9.99. The quantitative estimate of drug-likeness (QED) is 0.509. The molecule has 5 rings (SSSR count). The van der Waals surface area contributed by atoms with Crippen LogP contribution in [0.25, 0.3) is 0 Å². The van der Waals surface area contributed by atoms with Gasteiger partial charge in [0.05, 0.1) is 4.90 Å². The molecule has 1 fully saturated rings. The van der Waals surface area contributed by atoms with E-state index in [9.17, 15) is 17.6 Å². The third-order valence-electron chi connectivity index (χ3n) is 6.87. The van der Waals surface area contributed by atoms with Gasteiger partial charge in [-0.3, -0.25) is 9.52 Å². The molecule has 1 atom stereocenters. The monoisotopic (exact) mass is 544 g/mol. The van der Waals surface area contributed by atoms with Crippen LogP contribution in [0.5, 0.6) is 0 Å². The fourth-order valence-corrected chi connectivity index (χ4v) is 6.75. The van der Waals surface area contributed by atoms with Crippen molar-refractivity contribution >= 4 is 43.8 Å². The summed E-state index contributed by atoms with van der Waals surface area (Å²) in [7, 11) is -3.75. The molecule has 0 saturated carbocycles. The highest BCUT2D eigenvalue weighted by molar-refractivity contribution is 7.93. The Bertz CT molecular complexity index is 1390. The van der Waals surface area contributed by atoms with Crippen molar-refractivity contribution < 1.29 is 17.6 Å². The molecule has 1 aromatic heterocycles. The molecule has 0 aliphatic carbocycles. The third kappa shape index (κ3) is 5.40. The number of aromatic nitrogens is 2. The van der Waals surface area contributed by atoms with Gasteiger partial charge in [-0.25, -0.2) is 12.8 Å². The van der Waals surface area contributed by atoms with Crippen LogP contribution in [0.4, 0.5) is 20.9 Å². The molecule has 0 unspecified atom stereocenters. The third-order valence-corrected chi connectivity index (χ3v) is 9.11. The molecule has 37 heavy (non-hydrogen) atoms. The summed E-state index contributed by atoms with van der Waals surface area (Å²) in [6.45, 7) is 6.89. The predicted molar refractivity (Wildman–Crippen MR) is 142 cm³/mol. The molecule has 2 aliphatic heterocycles. The van der Waals surface area contributed by atoms with E-state index < -0.39 is 10.0 Å². The number of sulfonamides is 1. The molecule has 3 aromatic rings. The topological polar surface area (TPSA) is 98.7 Å². The number of nitrogens with one attached hydrogen (secondary N) is 1. The Morgan fingerprint density at radius 1 is 1.05 bits per heavy atom. The van der Waals surface area contributed by atoms with E-state index in [0.29, 0.717) is 31.2 Å². The van der Waals surface area contributed by atoms with Crippen LogP contribution < -0.4 is 14.5 Å². The average molecular weight is 545 g/mol. The van der Waals surface area contributed by atoms with E-state index in [1.165, 1.54) is 17.4 Å². The van der Waals surface area contributed by atoms with Crippen molar-refractivity contribution in [1.82, 2.24) is 15.1 Å². The lowest BCUT2D eigenvalue weighted by Crippen LogP contribution is -2.55. The van der Waals surface area contributed by atoms with Crippen LogP contribution in [0.1, 0.15) is 23.9 Å². The molecule has 196 valence electrons. The molecule has 3 heterocycles. The molecule has 0 bridgehead atoms. The van der Waals surface area contributed by atoms with Gasteiger partial charge in [0, 0.05) is 44.1 Å². The first-order valence-electron chi connectivity index (χ1n) is 12.2. The van der Waals surface area contributed by atoms with Gasteiger partial charge in [0.2, 0.25) is 11.0 Å². The standard InChI is InChI=1S/C25H29FN6O3S2/c1-17(32-11-3-4-19-16-20(26)5-10-23(19)32)24(33)31-14-12-30(13-15-31)21-6-8-22(9-7-21)37(34,35)29-25-28-27-18(2)36-25/h5-10,16-17H,3-4,11-15H2,1-2H3,(H,28,29)/t17-/m0/s1. The Morgan fingerprint density at radius 2 is 1.78 bits per heavy atom. The number of aryl methyl sites for hydroxylation is 2. The Labute approximate surface area is 220 Å². The van der Waals surface area contributed by atoms with Crippen LogP contribution in [0.15, 0.2) is 47.4 Å². The normalized spacial score (nSPS) is 16.9. The van der Waals surface area contributed by atoms with Crippen molar-refractivity contribution in [2.75, 3.05) is 47.2 Å². The number of hydrogen-bond donors (Lipinski definition) is 1. The van der Waals surface area contributed by atoms with Crippen LogP contribution in [-0.4, -0.2) is 68.2 Å². The second kappa shape index (κ2) is 10.3. The van der Waals surface area contributed by atoms with Gasteiger partial charge in [-0.2, -0.15) is 0 Å². The molecule has 0 spiro atoms. The lowest BCUT2D eigenvalue weighted by Gasteiger charge is -2.41. The highest BCUT2D eigenvalue weighted by atomic mass is 32.2. The molecule has 2 aliphatic rings. The first kappa shape index (κ1) is 25.4. The van der Waals surface area contributed by atoms with Crippen molar-refractivity contribution in [1.29, 1.82) is 0 Å². The van der Waals surface area contributed by atoms with Gasteiger partial charge in [0.15, 0.2) is 0 Å². The van der Waals surface area contributed by atoms with Gasteiger partial charge < -0.3 is 14.7 Å². The van der Waals surface area contributed by atoms with E-state index in [0.717, 1.165) is 36.3 Å². The highest BCUT2D eigenvalue weighted by Crippen LogP contribution is 2.30. The fraction of sp³-hybridized carbons (Fsp3) is 0.400. The summed E-state index contributed by atoms with van der Waals surface area (Å²) >= 11 is 1.17. The Morgan fingerprint density at radius 3 is 2.46 bits per heavy atom. The van der Waals surface area contributed by atoms with E-state index in [1.54, 1.807) is 43.3 Å². The minimum absolute atomic E-state index is 0.0660. The summed E-state index contributed by atoms with van der Waals surface area (Å²) in [5, 5.41) is 8.55. The smallest absolute Gasteiger partial charge is 0.263 e. The zero-order chi connectivity index (χ0) is 26.2. The van der Waals surface area contributed by atoms with Crippen LogP contribution >= 0.6 is 11.3 Å². The van der Waals surface area contributed by atoms with Gasteiger partial charge in [-0.15, -0.1) is 10.2 Å². The fourth-order valence-electron chi connectivity index (χ4n) is 4.93. The van der Waals surface area contributed by atoms with Crippen LogP contribution in [0, 0.1) is 12.7 Å². The Kier molecular flexibility index (Phi) is 7.04. The van der Waals surface area contributed by atoms with E-state index in [-0.39, 0.29) is 27.8 Å². The zero-order valence-corrected chi connectivity index (χ0v) is 22.4. The van der Waals surface area contributed by atoms with Gasteiger partial charge in [-0.1, -0.05) is 11.3 Å². The molecule has 2 aromatic carbocycles. The van der Waals surface area contributed by atoms with Gasteiger partial charge in [0.25, 0.3) is 10.0 Å². The molecule has 0 radical (unpaired) electrons. The minimum atomic E-state index is -3.75. The predicted octanol–water partition coefficient (Wildman–Crippen LogP) is 3.28. The number of hydrogen-bond acceptors (Lipinski definition) is 8. The van der Waals surface area contributed by atoms with Crippen molar-refractivity contribution in [3.8, 4) is 0 Å². The van der Waals surface area contributed by atoms with E-state index >= 15 is 0 Å². The van der Waals surface area contributed by atoms with Crippen LogP contribution in [0.2, 0.25) is 0 Å². The summed E-state index contributed by atoms with van der Waals surface area (Å²) in [6.07, 6.45) is 1.71. The van der Waals surface area contributed by atoms with Gasteiger partial charge >= 0.3 is 0 Å². The minimum Gasteiger partial charge on any atom is -0.368 e. The molecular formula is C25H29FN6O3S2. The Hall–Kier alpha value is -3.25. The number of anilines is 3. The molecule has 1 saturated heterocycles. The summed E-state index contributed by atoms with van der Waals surface area (Å²) in [5.41, 5.74) is 2.80. The van der Waals surface area contributed by atoms with Gasteiger partial charge in [-0.05, 0) is 74.7 Å². The zero-order valence-electron chi connectivity index (χ0n) is 20.7. The number of fused-ring (bicyclic) bond motifs is 1. The number of amides is 1. The van der Waals surface area contributed by atoms with E-state index in [2.05, 4.69) is 24.7 Å². The molecule has 12 heteroatoms. The SMILES string of the molecule is Cc1nnc(NS(=O)(=O)c2ccc(N3CCN(C(=O)[C@H](C)N4CCCc5cc(F)ccc54)CC3)cc2)s1. The number of piperazine rings is 1. The largest absolute Gasteiger partial charge is 0.368 e. The van der Waals surface area contributed by atoms with Gasteiger partial charge in [0.1, 0.15) is 16.9 Å². The summed E-state index contributed by atoms with van der Waals surface area (Å²) in [4.78, 5) is 19.6. The van der Waals surface area contributed by atoms with Crippen LogP contribution in [0.3, 0.4) is 0 Å². The summed E-state index contributed by atoms with van der Waals surface area (Å²) in [5.74, 6) is -0.180. The first-order valence-corrected chi connectivity index (χ1v) is 14.5. The molecule has 1 amide bonds. The van der Waals surface area contributed by atoms with Crippen molar-refractivity contribution in [3.05, 3.63) is 58.9 Å². The number of rotatable bonds is 6. The first-order chi connectivity index (χ1) is 17.7. The maximum Gasteiger partial charge on any atom is 0.263 e. The van der Waals surface area contributed by atoms with Crippen molar-refractivity contribution in [2.24, 2.45) is 0 Å². The Balaban J connectivity index is 1.19. The molecule has 1 N–H and O–H groups in total. The second-order valence-corrected chi connectivity index (χ2v) is 12.1. The van der Waals surface area contributed by atoms with Crippen LogP contribution in [-0.2, 0) is 21.2 Å². The molecule has 9 nitrogen and oxygen atoms in total. The van der Waals surface area contributed by atoms with Crippen molar-refractivity contribution in [2.45, 2.75) is 37.6 Å². The number of nitrogens with zero attached hydrogens (tertiary/aromatic N) is 5. The molecular weight excluding hydrogens is 515 g/mol. The highest BCUT2D eigenvalue weighted by Gasteiger charge is 2.31. The summed E-state index contributed by atoms with van der Waals surface area (Å²) in [6, 6.07) is 11.2. The van der Waals surface area contributed by atoms with Crippen molar-refractivity contribution in [3.63, 3.8) is 0 Å². The lowest BCUT2D eigenvalue weighted by molar-refractivity contribution is -0.132.